The number of carbonyl (C=O) groups is 3. The summed E-state index contributed by atoms with van der Waals surface area (Å²) in [5.41, 5.74) is -0.0101. The molecule has 0 aromatic rings. The fraction of sp³-hybridized carbons (Fsp3) is 0.421. The zero-order valence-electron chi connectivity index (χ0n) is 14.5. The molecule has 1 fully saturated rings. The fourth-order valence-electron chi connectivity index (χ4n) is 3.30. The molecule has 0 aliphatic carbocycles. The van der Waals surface area contributed by atoms with Crippen LogP contribution in [0.2, 0.25) is 0 Å². The molecule has 0 aromatic heterocycles. The van der Waals surface area contributed by atoms with E-state index in [2.05, 4.69) is 13.2 Å². The molecule has 3 rings (SSSR count). The summed E-state index contributed by atoms with van der Waals surface area (Å²) in [5.74, 6) is -1.46. The minimum atomic E-state index is -1.12. The predicted octanol–water partition coefficient (Wildman–Crippen LogP) is 2.16. The number of fused-ring (bicyclic) bond motifs is 3. The molecule has 0 unspecified atom stereocenters. The Morgan fingerprint density at radius 3 is 2.72 bits per heavy atom. The molecule has 132 valence electrons. The molecule has 0 spiro atoms. The van der Waals surface area contributed by atoms with Crippen LogP contribution in [0.15, 0.2) is 47.8 Å². The van der Waals surface area contributed by atoms with Crippen molar-refractivity contribution in [2.24, 2.45) is 5.92 Å². The Kier molecular flexibility index (Phi) is 3.94. The molecule has 3 aliphatic heterocycles. The Balaban J connectivity index is 2.07. The molecule has 0 amide bonds. The summed E-state index contributed by atoms with van der Waals surface area (Å²) in [6.07, 6.45) is 1.81. The molecule has 0 aromatic carbocycles. The lowest BCUT2D eigenvalue weighted by molar-refractivity contribution is -0.148. The van der Waals surface area contributed by atoms with Gasteiger partial charge in [0.15, 0.2) is 5.60 Å². The number of ether oxygens (including phenoxy) is 3. The number of esters is 2. The van der Waals surface area contributed by atoms with E-state index >= 15 is 0 Å². The lowest BCUT2D eigenvalue weighted by Crippen LogP contribution is -2.41. The Labute approximate surface area is 145 Å². The summed E-state index contributed by atoms with van der Waals surface area (Å²) in [4.78, 5) is 36.4. The van der Waals surface area contributed by atoms with E-state index in [1.807, 2.05) is 0 Å². The maximum atomic E-state index is 12.4. The van der Waals surface area contributed by atoms with Crippen LogP contribution in [-0.4, -0.2) is 35.5 Å². The van der Waals surface area contributed by atoms with E-state index in [4.69, 9.17) is 14.2 Å². The maximum absolute atomic E-state index is 12.4. The molecule has 6 heteroatoms. The third-order valence-electron chi connectivity index (χ3n) is 4.78. The van der Waals surface area contributed by atoms with Crippen molar-refractivity contribution in [2.75, 3.05) is 0 Å². The second-order valence-electron chi connectivity index (χ2n) is 6.90. The van der Waals surface area contributed by atoms with Crippen LogP contribution in [0.1, 0.15) is 27.2 Å². The Bertz CT molecular complexity index is 771. The van der Waals surface area contributed by atoms with Gasteiger partial charge in [-0.1, -0.05) is 13.2 Å². The molecule has 3 heterocycles. The molecule has 3 aliphatic rings. The van der Waals surface area contributed by atoms with Crippen molar-refractivity contribution in [1.82, 2.24) is 0 Å². The minimum Gasteiger partial charge on any atom is -0.479 e. The third kappa shape index (κ3) is 2.81. The van der Waals surface area contributed by atoms with E-state index < -0.39 is 35.7 Å². The van der Waals surface area contributed by atoms with E-state index in [1.165, 1.54) is 6.08 Å². The Morgan fingerprint density at radius 2 is 2.08 bits per heavy atom. The highest BCUT2D eigenvalue weighted by Crippen LogP contribution is 2.42. The number of hydrogen-bond acceptors (Lipinski definition) is 6. The van der Waals surface area contributed by atoms with Crippen LogP contribution in [0.3, 0.4) is 0 Å². The van der Waals surface area contributed by atoms with Gasteiger partial charge in [0.1, 0.15) is 18.0 Å². The Hall–Kier alpha value is -2.63. The van der Waals surface area contributed by atoms with Gasteiger partial charge in [0.05, 0.1) is 5.92 Å². The summed E-state index contributed by atoms with van der Waals surface area (Å²) in [6, 6.07) is 0. The molecule has 0 radical (unpaired) electrons. The van der Waals surface area contributed by atoms with Gasteiger partial charge in [-0.05, 0) is 32.4 Å². The molecular formula is C19H20O6. The Morgan fingerprint density at radius 1 is 1.40 bits per heavy atom. The average Bonchev–Trinajstić information content (AvgIpc) is 2.96. The van der Waals surface area contributed by atoms with Crippen molar-refractivity contribution in [3.63, 3.8) is 0 Å². The zero-order chi connectivity index (χ0) is 18.5. The van der Waals surface area contributed by atoms with Gasteiger partial charge in [-0.2, -0.15) is 0 Å². The molecule has 25 heavy (non-hydrogen) atoms. The van der Waals surface area contributed by atoms with Gasteiger partial charge in [-0.3, -0.25) is 4.79 Å². The van der Waals surface area contributed by atoms with E-state index in [1.54, 1.807) is 26.8 Å². The number of allylic oxidation sites excluding steroid dienone is 1. The van der Waals surface area contributed by atoms with Crippen LogP contribution in [-0.2, 0) is 28.6 Å². The highest BCUT2D eigenvalue weighted by molar-refractivity contribution is 6.00. The van der Waals surface area contributed by atoms with Crippen molar-refractivity contribution in [3.05, 3.63) is 47.8 Å². The van der Waals surface area contributed by atoms with Crippen LogP contribution in [0.5, 0.6) is 0 Å². The first-order valence-electron chi connectivity index (χ1n) is 8.02. The molecule has 6 nitrogen and oxygen atoms in total. The smallest absolute Gasteiger partial charge is 0.334 e. The van der Waals surface area contributed by atoms with Crippen molar-refractivity contribution in [3.8, 4) is 0 Å². The zero-order valence-corrected chi connectivity index (χ0v) is 14.5. The average molecular weight is 344 g/mol. The van der Waals surface area contributed by atoms with Crippen LogP contribution in [0.4, 0.5) is 0 Å². The van der Waals surface area contributed by atoms with Gasteiger partial charge in [-0.25, -0.2) is 9.59 Å². The highest BCUT2D eigenvalue weighted by Gasteiger charge is 2.52. The van der Waals surface area contributed by atoms with Crippen LogP contribution < -0.4 is 0 Å². The third-order valence-corrected chi connectivity index (χ3v) is 4.78. The quantitative estimate of drug-likeness (QED) is 0.564. The largest absolute Gasteiger partial charge is 0.479 e. The van der Waals surface area contributed by atoms with Crippen LogP contribution >= 0.6 is 0 Å². The van der Waals surface area contributed by atoms with Gasteiger partial charge >= 0.3 is 11.9 Å². The molecule has 0 saturated carbocycles. The van der Waals surface area contributed by atoms with Crippen molar-refractivity contribution < 1.29 is 28.6 Å². The second kappa shape index (κ2) is 5.72. The summed E-state index contributed by atoms with van der Waals surface area (Å²) >= 11 is 0. The van der Waals surface area contributed by atoms with Gasteiger partial charge < -0.3 is 14.2 Å². The van der Waals surface area contributed by atoms with Crippen molar-refractivity contribution >= 4 is 17.7 Å². The monoisotopic (exact) mass is 344 g/mol. The fourth-order valence-corrected chi connectivity index (χ4v) is 3.30. The topological polar surface area (TPSA) is 78.9 Å². The lowest BCUT2D eigenvalue weighted by atomic mass is 9.83. The lowest BCUT2D eigenvalue weighted by Gasteiger charge is -2.29. The van der Waals surface area contributed by atoms with E-state index in [-0.39, 0.29) is 23.4 Å². The standard InChI is InChI=1S/C19H20O6/c1-9(2)17(21)23-13-6-10(3)12-7-15(20)19(5,25-12)8-14-16(13)11(4)18(22)24-14/h6-7,13-14,16H,1,4,8H2,2-3,5H3/b10-6-/t13-,14-,16-,19+/m0/s1. The van der Waals surface area contributed by atoms with Crippen LogP contribution in [0, 0.1) is 5.92 Å². The summed E-state index contributed by atoms with van der Waals surface area (Å²) in [7, 11) is 0. The number of rotatable bonds is 2. The van der Waals surface area contributed by atoms with Gasteiger partial charge in [0.25, 0.3) is 0 Å². The molecule has 4 atom stereocenters. The first-order valence-corrected chi connectivity index (χ1v) is 8.02. The first-order chi connectivity index (χ1) is 11.6. The number of carbonyl (C=O) groups excluding carboxylic acids is 3. The number of hydrogen-bond donors (Lipinski definition) is 0. The molecular weight excluding hydrogens is 324 g/mol. The molecule has 0 N–H and O–H groups in total. The van der Waals surface area contributed by atoms with E-state index in [0.717, 1.165) is 0 Å². The first kappa shape index (κ1) is 17.2. The maximum Gasteiger partial charge on any atom is 0.334 e. The van der Waals surface area contributed by atoms with Crippen molar-refractivity contribution in [1.29, 1.82) is 0 Å². The summed E-state index contributed by atoms with van der Waals surface area (Å²) in [6.45, 7) is 12.3. The van der Waals surface area contributed by atoms with Gasteiger partial charge in [-0.15, -0.1) is 0 Å². The molecule has 1 saturated heterocycles. The summed E-state index contributed by atoms with van der Waals surface area (Å²) in [5, 5.41) is 0. The van der Waals surface area contributed by atoms with E-state index in [0.29, 0.717) is 11.3 Å². The second-order valence-corrected chi connectivity index (χ2v) is 6.90. The van der Waals surface area contributed by atoms with Crippen LogP contribution in [0.25, 0.3) is 0 Å². The predicted molar refractivity (Wildman–Crippen MR) is 88.2 cm³/mol. The van der Waals surface area contributed by atoms with Gasteiger partial charge in [0.2, 0.25) is 5.78 Å². The van der Waals surface area contributed by atoms with Gasteiger partial charge in [0, 0.05) is 23.6 Å². The summed E-state index contributed by atoms with van der Waals surface area (Å²) < 4.78 is 16.8. The van der Waals surface area contributed by atoms with E-state index in [9.17, 15) is 14.4 Å². The van der Waals surface area contributed by atoms with Crippen molar-refractivity contribution in [2.45, 2.75) is 45.0 Å². The number of ketones is 1. The normalized spacial score (nSPS) is 36.0. The molecule has 2 bridgehead atoms. The highest BCUT2D eigenvalue weighted by atomic mass is 16.6. The minimum absolute atomic E-state index is 0.156. The SMILES string of the molecule is C=C(C)C(=O)O[C@H]1/C=C(/C)C2=CC(=O)[C@@](C)(C[C@@H]3OC(=O)C(=C)[C@@H]13)O2.